The lowest BCUT2D eigenvalue weighted by molar-refractivity contribution is -0.131. The zero-order valence-electron chi connectivity index (χ0n) is 12.0. The molecule has 3 saturated heterocycles. The number of halogens is 1. The molecule has 5 rings (SSSR count). The molecule has 1 amide bonds. The molecule has 1 aromatic rings. The van der Waals surface area contributed by atoms with Crippen LogP contribution >= 0.6 is 0 Å². The summed E-state index contributed by atoms with van der Waals surface area (Å²) in [5, 5.41) is 6.18. The van der Waals surface area contributed by atoms with Crippen LogP contribution in [0.1, 0.15) is 31.4 Å². The summed E-state index contributed by atoms with van der Waals surface area (Å²) in [5.41, 5.74) is 1.96. The third-order valence-corrected chi connectivity index (χ3v) is 4.94. The first-order chi connectivity index (χ1) is 10.1. The molecule has 21 heavy (non-hydrogen) atoms. The summed E-state index contributed by atoms with van der Waals surface area (Å²) in [6.45, 7) is 3.63. The molecule has 4 aliphatic rings. The molecule has 5 heteroatoms. The van der Waals surface area contributed by atoms with Gasteiger partial charge in [-0.15, -0.1) is 0 Å². The minimum atomic E-state index is -0.263. The van der Waals surface area contributed by atoms with Gasteiger partial charge in [0, 0.05) is 12.8 Å². The fraction of sp³-hybridized carbons (Fsp3) is 0.500. The van der Waals surface area contributed by atoms with Crippen molar-refractivity contribution in [3.8, 4) is 0 Å². The van der Waals surface area contributed by atoms with Gasteiger partial charge in [0.1, 0.15) is 11.9 Å². The van der Waals surface area contributed by atoms with E-state index in [0.717, 1.165) is 37.2 Å². The number of fused-ring (bicyclic) bond motifs is 2. The second kappa shape index (κ2) is 4.63. The molecule has 4 nitrogen and oxygen atoms in total. The third kappa shape index (κ3) is 1.91. The Labute approximate surface area is 123 Å². The molecule has 110 valence electrons. The highest BCUT2D eigenvalue weighted by atomic mass is 19.1. The van der Waals surface area contributed by atoms with Gasteiger partial charge in [0.15, 0.2) is 0 Å². The summed E-state index contributed by atoms with van der Waals surface area (Å²) in [4.78, 5) is 14.4. The van der Waals surface area contributed by atoms with E-state index in [1.54, 1.807) is 11.1 Å². The number of nitrogens with zero attached hydrogens (tertiary/aromatic N) is 3. The van der Waals surface area contributed by atoms with E-state index in [4.69, 9.17) is 0 Å². The van der Waals surface area contributed by atoms with Crippen molar-refractivity contribution in [3.63, 3.8) is 0 Å². The fourth-order valence-electron chi connectivity index (χ4n) is 4.00. The van der Waals surface area contributed by atoms with Gasteiger partial charge < -0.3 is 0 Å². The highest BCUT2D eigenvalue weighted by Gasteiger charge is 2.50. The minimum Gasteiger partial charge on any atom is -0.293 e. The Balaban J connectivity index is 1.79. The van der Waals surface area contributed by atoms with Crippen LogP contribution in [0.15, 0.2) is 29.4 Å². The first-order valence-corrected chi connectivity index (χ1v) is 7.53. The van der Waals surface area contributed by atoms with Gasteiger partial charge in [-0.25, -0.2) is 9.40 Å². The van der Waals surface area contributed by atoms with E-state index in [-0.39, 0.29) is 23.8 Å². The number of carbonyl (C=O) groups excluding carboxylic acids is 1. The quantitative estimate of drug-likeness (QED) is 0.793. The molecule has 0 aliphatic carbocycles. The number of carbonyl (C=O) groups is 1. The number of piperidine rings is 3. The maximum Gasteiger partial charge on any atom is 0.240 e. The monoisotopic (exact) mass is 287 g/mol. The van der Waals surface area contributed by atoms with Gasteiger partial charge in [0.05, 0.1) is 11.8 Å². The van der Waals surface area contributed by atoms with Crippen LogP contribution in [0.4, 0.5) is 4.39 Å². The zero-order valence-corrected chi connectivity index (χ0v) is 12.0. The van der Waals surface area contributed by atoms with Crippen molar-refractivity contribution < 1.29 is 9.18 Å². The van der Waals surface area contributed by atoms with Crippen molar-refractivity contribution >= 4 is 11.6 Å². The van der Waals surface area contributed by atoms with Crippen molar-refractivity contribution in [1.82, 2.24) is 9.91 Å². The summed E-state index contributed by atoms with van der Waals surface area (Å²) in [6.07, 6.45) is 2.24. The summed E-state index contributed by atoms with van der Waals surface area (Å²) >= 11 is 0. The second-order valence-corrected chi connectivity index (χ2v) is 6.14. The first kappa shape index (κ1) is 13.0. The molecule has 4 aliphatic heterocycles. The predicted molar refractivity (Wildman–Crippen MR) is 77.2 cm³/mol. The normalized spacial score (nSPS) is 33.8. The van der Waals surface area contributed by atoms with E-state index in [1.165, 1.54) is 19.1 Å². The van der Waals surface area contributed by atoms with E-state index < -0.39 is 0 Å². The first-order valence-electron chi connectivity index (χ1n) is 7.53. The Bertz CT molecular complexity index is 622. The minimum absolute atomic E-state index is 0.0771. The van der Waals surface area contributed by atoms with Gasteiger partial charge >= 0.3 is 0 Å². The SMILES string of the molecule is CC(=O)N1N=C2C3CCN(CC3)[C@H]2[C@H]1c1cccc(F)c1. The summed E-state index contributed by atoms with van der Waals surface area (Å²) in [7, 11) is 0. The van der Waals surface area contributed by atoms with Crippen LogP contribution in [0.5, 0.6) is 0 Å². The molecular formula is C16H18FN3O. The van der Waals surface area contributed by atoms with E-state index in [1.807, 2.05) is 6.07 Å². The van der Waals surface area contributed by atoms with Gasteiger partial charge in [0.2, 0.25) is 5.91 Å². The van der Waals surface area contributed by atoms with Crippen molar-refractivity contribution in [3.05, 3.63) is 35.6 Å². The topological polar surface area (TPSA) is 35.9 Å². The average molecular weight is 287 g/mol. The highest BCUT2D eigenvalue weighted by molar-refractivity contribution is 5.97. The molecule has 3 fully saturated rings. The second-order valence-electron chi connectivity index (χ2n) is 6.14. The van der Waals surface area contributed by atoms with Crippen LogP contribution in [0, 0.1) is 11.7 Å². The Morgan fingerprint density at radius 2 is 2.05 bits per heavy atom. The Kier molecular flexibility index (Phi) is 2.85. The lowest BCUT2D eigenvalue weighted by atomic mass is 9.78. The predicted octanol–water partition coefficient (Wildman–Crippen LogP) is 2.18. The van der Waals surface area contributed by atoms with Crippen LogP contribution in [-0.2, 0) is 4.79 Å². The standard InChI is InChI=1S/C16H18FN3O/c1-10(21)20-15(12-3-2-4-13(17)9-12)16-14(18-20)11-5-7-19(16)8-6-11/h2-4,9,11,15-16H,5-8H2,1H3/t15-,16-/m1/s1. The van der Waals surface area contributed by atoms with Crippen LogP contribution in [0.2, 0.25) is 0 Å². The van der Waals surface area contributed by atoms with Crippen molar-refractivity contribution in [2.75, 3.05) is 13.1 Å². The summed E-state index contributed by atoms with van der Waals surface area (Å²) in [6, 6.07) is 6.51. The fourth-order valence-corrected chi connectivity index (χ4v) is 4.00. The Morgan fingerprint density at radius 3 is 2.71 bits per heavy atom. The third-order valence-electron chi connectivity index (χ3n) is 4.94. The zero-order chi connectivity index (χ0) is 14.6. The van der Waals surface area contributed by atoms with Crippen LogP contribution in [0.3, 0.4) is 0 Å². The van der Waals surface area contributed by atoms with E-state index in [2.05, 4.69) is 10.0 Å². The molecule has 0 radical (unpaired) electrons. The van der Waals surface area contributed by atoms with Gasteiger partial charge in [0.25, 0.3) is 0 Å². The van der Waals surface area contributed by atoms with Crippen LogP contribution in [-0.4, -0.2) is 40.7 Å². The van der Waals surface area contributed by atoms with E-state index in [9.17, 15) is 9.18 Å². The van der Waals surface area contributed by atoms with Gasteiger partial charge in [-0.2, -0.15) is 5.10 Å². The molecule has 1 aromatic carbocycles. The largest absolute Gasteiger partial charge is 0.293 e. The number of hydrogen-bond acceptors (Lipinski definition) is 3. The van der Waals surface area contributed by atoms with Gasteiger partial charge in [-0.3, -0.25) is 9.69 Å². The molecular weight excluding hydrogens is 269 g/mol. The number of amides is 1. The molecule has 2 atom stereocenters. The molecule has 4 heterocycles. The maximum atomic E-state index is 13.6. The maximum absolute atomic E-state index is 13.6. The molecule has 0 aromatic heterocycles. The summed E-state index contributed by atoms with van der Waals surface area (Å²) in [5.74, 6) is 0.146. The Hall–Kier alpha value is -1.75. The molecule has 0 saturated carbocycles. The molecule has 0 unspecified atom stereocenters. The van der Waals surface area contributed by atoms with Gasteiger partial charge in [-0.05, 0) is 43.6 Å². The van der Waals surface area contributed by atoms with E-state index in [0.29, 0.717) is 5.92 Å². The molecule has 0 spiro atoms. The van der Waals surface area contributed by atoms with Gasteiger partial charge in [-0.1, -0.05) is 12.1 Å². The van der Waals surface area contributed by atoms with Crippen LogP contribution < -0.4 is 0 Å². The lowest BCUT2D eigenvalue weighted by Crippen LogP contribution is -2.56. The average Bonchev–Trinajstić information content (AvgIpc) is 2.91. The number of benzene rings is 1. The lowest BCUT2D eigenvalue weighted by Gasteiger charge is -2.46. The number of rotatable bonds is 1. The smallest absolute Gasteiger partial charge is 0.240 e. The van der Waals surface area contributed by atoms with E-state index >= 15 is 0 Å². The van der Waals surface area contributed by atoms with Crippen LogP contribution in [0.25, 0.3) is 0 Å². The van der Waals surface area contributed by atoms with Crippen molar-refractivity contribution in [2.24, 2.45) is 11.0 Å². The number of hydrazone groups is 1. The highest BCUT2D eigenvalue weighted by Crippen LogP contribution is 2.43. The summed E-state index contributed by atoms with van der Waals surface area (Å²) < 4.78 is 13.6. The Morgan fingerprint density at radius 1 is 1.29 bits per heavy atom. The number of hydrogen-bond donors (Lipinski definition) is 0. The molecule has 0 N–H and O–H groups in total. The molecule has 2 bridgehead atoms. The van der Waals surface area contributed by atoms with Crippen molar-refractivity contribution in [2.45, 2.75) is 31.8 Å². The van der Waals surface area contributed by atoms with Crippen molar-refractivity contribution in [1.29, 1.82) is 0 Å².